The third kappa shape index (κ3) is 6.05. The van der Waals surface area contributed by atoms with Crippen LogP contribution in [0.3, 0.4) is 0 Å². The van der Waals surface area contributed by atoms with E-state index in [1.54, 1.807) is 16.7 Å². The van der Waals surface area contributed by atoms with Crippen LogP contribution in [0.25, 0.3) is 121 Å². The van der Waals surface area contributed by atoms with E-state index in [1.807, 2.05) is 162 Å². The van der Waals surface area contributed by atoms with Gasteiger partial charge in [0.25, 0.3) is 0 Å². The highest BCUT2D eigenvalue weighted by molar-refractivity contribution is 6.26. The number of rotatable bonds is 5. The fourth-order valence-electron chi connectivity index (χ4n) is 11.8. The maximum absolute atomic E-state index is 15.6. The van der Waals surface area contributed by atoms with Crippen LogP contribution in [0.1, 0.15) is 16.7 Å². The maximum atomic E-state index is 15.6. The zero-order valence-electron chi connectivity index (χ0n) is 38.7. The van der Waals surface area contributed by atoms with Gasteiger partial charge in [0.2, 0.25) is 0 Å². The number of fused-ring (bicyclic) bond motifs is 14. The van der Waals surface area contributed by atoms with Crippen LogP contribution in [0.4, 0.5) is 26.3 Å². The number of benzene rings is 10. The normalized spacial score (nSPS) is 12.4. The Kier molecular flexibility index (Phi) is 9.20. The summed E-state index contributed by atoms with van der Waals surface area (Å²) in [5, 5.41) is 18.7. The minimum Gasteiger partial charge on any atom is -0.307 e. The first-order chi connectivity index (χ1) is 36.0. The van der Waals surface area contributed by atoms with Gasteiger partial charge in [-0.1, -0.05) is 146 Å². The second-order valence-electron chi connectivity index (χ2n) is 18.5. The Morgan fingerprint density at radius 1 is 0.324 bits per heavy atom. The molecule has 0 radical (unpaired) electrons. The quantitative estimate of drug-likeness (QED) is 0.159. The Hall–Kier alpha value is -9.53. The smallest absolute Gasteiger partial charge is 0.307 e. The third-order valence-corrected chi connectivity index (χ3v) is 14.6. The van der Waals surface area contributed by atoms with Crippen molar-refractivity contribution in [2.24, 2.45) is 0 Å². The lowest BCUT2D eigenvalue weighted by Crippen LogP contribution is -2.16. The van der Waals surface area contributed by atoms with E-state index < -0.39 is 34.6 Å². The lowest BCUT2D eigenvalue weighted by molar-refractivity contribution is -0.142. The molecule has 0 amide bonds. The summed E-state index contributed by atoms with van der Waals surface area (Å²) in [7, 11) is 0. The molecule has 0 unspecified atom stereocenters. The summed E-state index contributed by atoms with van der Waals surface area (Å²) in [4.78, 5) is 0. The van der Waals surface area contributed by atoms with E-state index in [4.69, 9.17) is 0 Å². The van der Waals surface area contributed by atoms with Gasteiger partial charge in [0, 0.05) is 65.6 Å². The lowest BCUT2D eigenvalue weighted by Gasteiger charge is -2.24. The molecule has 0 saturated heterocycles. The number of hydrogen-bond acceptors (Lipinski definition) is 1. The summed E-state index contributed by atoms with van der Waals surface area (Å²) in [5.74, 6) is 0. The standard InChI is InChI=1S/C63H35F6N5/c64-62(65,66)49-24-15-25-50(63(67,68)69)56(49)47-34-35-55(73-53-28-13-9-22-41(53)45-32-30-43-39-20-7-11-26-51(39)71(58(43)60(45)73)37-16-3-1-4-17-37)48(36-70)57(47)74-54-29-14-10-23-42(54)46-33-31-44-40-21-8-12-27-52(40)72(59(44)61(46)74)38-18-5-2-6-19-38/h1-35H. The molecule has 0 atom stereocenters. The second-order valence-corrected chi connectivity index (χ2v) is 18.5. The van der Waals surface area contributed by atoms with E-state index in [1.165, 1.54) is 12.1 Å². The fraction of sp³-hybridized carbons (Fsp3) is 0.0317. The second kappa shape index (κ2) is 15.7. The van der Waals surface area contributed by atoms with Gasteiger partial charge in [0.15, 0.2) is 0 Å². The monoisotopic (exact) mass is 975 g/mol. The first kappa shape index (κ1) is 43.3. The summed E-state index contributed by atoms with van der Waals surface area (Å²) in [6.07, 6.45) is -10.5. The van der Waals surface area contributed by atoms with Crippen LogP contribution in [-0.2, 0) is 12.4 Å². The summed E-state index contributed by atoms with van der Waals surface area (Å²) >= 11 is 0. The van der Waals surface area contributed by atoms with Gasteiger partial charge in [-0.3, -0.25) is 0 Å². The van der Waals surface area contributed by atoms with Crippen molar-refractivity contribution in [3.63, 3.8) is 0 Å². The zero-order valence-corrected chi connectivity index (χ0v) is 38.7. The van der Waals surface area contributed by atoms with Crippen molar-refractivity contribution >= 4 is 87.2 Å². The largest absolute Gasteiger partial charge is 0.417 e. The Balaban J connectivity index is 1.24. The molecule has 5 nitrogen and oxygen atoms in total. The summed E-state index contributed by atoms with van der Waals surface area (Å²) in [6, 6.07) is 66.0. The molecule has 11 heteroatoms. The highest BCUT2D eigenvalue weighted by atomic mass is 19.4. The molecule has 14 aromatic rings. The first-order valence-electron chi connectivity index (χ1n) is 23.9. The molecule has 0 N–H and O–H groups in total. The van der Waals surface area contributed by atoms with Crippen molar-refractivity contribution in [1.82, 2.24) is 18.3 Å². The summed E-state index contributed by atoms with van der Waals surface area (Å²) < 4.78 is 102. The van der Waals surface area contributed by atoms with E-state index in [-0.39, 0.29) is 16.9 Å². The number of halogens is 6. The topological polar surface area (TPSA) is 43.5 Å². The Morgan fingerprint density at radius 2 is 0.676 bits per heavy atom. The van der Waals surface area contributed by atoms with Gasteiger partial charge < -0.3 is 18.3 Å². The molecular weight excluding hydrogens is 941 g/mol. The molecule has 74 heavy (non-hydrogen) atoms. The van der Waals surface area contributed by atoms with Crippen LogP contribution in [0.2, 0.25) is 0 Å². The van der Waals surface area contributed by atoms with Crippen LogP contribution >= 0.6 is 0 Å². The molecule has 4 heterocycles. The van der Waals surface area contributed by atoms with Gasteiger partial charge in [-0.2, -0.15) is 31.6 Å². The highest BCUT2D eigenvalue weighted by Gasteiger charge is 2.42. The average Bonchev–Trinajstić information content (AvgIpc) is 4.16. The van der Waals surface area contributed by atoms with Crippen LogP contribution < -0.4 is 0 Å². The Labute approximate surface area is 416 Å². The molecule has 14 rings (SSSR count). The van der Waals surface area contributed by atoms with E-state index in [2.05, 4.69) is 27.3 Å². The van der Waals surface area contributed by atoms with Gasteiger partial charge in [-0.05, 0) is 66.7 Å². The molecule has 10 aromatic carbocycles. The van der Waals surface area contributed by atoms with Crippen LogP contribution in [-0.4, -0.2) is 18.3 Å². The minimum atomic E-state index is -5.24. The molecule has 0 saturated carbocycles. The van der Waals surface area contributed by atoms with Gasteiger partial charge >= 0.3 is 12.4 Å². The molecule has 0 bridgehead atoms. The SMILES string of the molecule is N#Cc1c(-n2c3ccccc3c3ccc4c5ccccc5n(-c5ccccc5)c4c32)ccc(-c2c(C(F)(F)F)cccc2C(F)(F)F)c1-n1c2ccccc2c2ccc3c4ccccc4n(-c4ccccc4)c3c21. The molecular formula is C63H35F6N5. The van der Waals surface area contributed by atoms with Gasteiger partial charge in [0.05, 0.1) is 66.6 Å². The average molecular weight is 976 g/mol. The van der Waals surface area contributed by atoms with E-state index in [9.17, 15) is 5.26 Å². The first-order valence-corrected chi connectivity index (χ1v) is 23.9. The van der Waals surface area contributed by atoms with Crippen LogP contribution in [0, 0.1) is 11.3 Å². The van der Waals surface area contributed by atoms with Crippen molar-refractivity contribution < 1.29 is 26.3 Å². The zero-order chi connectivity index (χ0) is 50.2. The number of hydrogen-bond donors (Lipinski definition) is 0. The van der Waals surface area contributed by atoms with Crippen LogP contribution in [0.15, 0.2) is 212 Å². The van der Waals surface area contributed by atoms with Gasteiger partial charge in [0.1, 0.15) is 11.6 Å². The molecule has 0 aliphatic rings. The fourth-order valence-corrected chi connectivity index (χ4v) is 11.8. The molecule has 0 aliphatic carbocycles. The number of nitriles is 1. The highest BCUT2D eigenvalue weighted by Crippen LogP contribution is 2.51. The van der Waals surface area contributed by atoms with Crippen LogP contribution in [0.5, 0.6) is 0 Å². The number of alkyl halides is 6. The van der Waals surface area contributed by atoms with Gasteiger partial charge in [-0.15, -0.1) is 0 Å². The molecule has 4 aromatic heterocycles. The molecule has 0 spiro atoms. The van der Waals surface area contributed by atoms with E-state index in [0.717, 1.165) is 66.3 Å². The summed E-state index contributed by atoms with van der Waals surface area (Å²) in [6.45, 7) is 0. The van der Waals surface area contributed by atoms with Crippen molar-refractivity contribution in [2.45, 2.75) is 12.4 Å². The Bertz CT molecular complexity index is 4670. The predicted molar refractivity (Wildman–Crippen MR) is 284 cm³/mol. The molecule has 0 fully saturated rings. The van der Waals surface area contributed by atoms with Crippen molar-refractivity contribution in [3.05, 3.63) is 229 Å². The Morgan fingerprint density at radius 3 is 1.08 bits per heavy atom. The molecule has 354 valence electrons. The molecule has 0 aliphatic heterocycles. The van der Waals surface area contributed by atoms with Crippen molar-refractivity contribution in [2.75, 3.05) is 0 Å². The number of aromatic nitrogens is 4. The van der Waals surface area contributed by atoms with Crippen molar-refractivity contribution in [3.8, 4) is 39.9 Å². The third-order valence-electron chi connectivity index (χ3n) is 14.6. The maximum Gasteiger partial charge on any atom is 0.417 e. The minimum absolute atomic E-state index is 0.141. The number of para-hydroxylation sites is 6. The predicted octanol–water partition coefficient (Wildman–Crippen LogP) is 17.7. The van der Waals surface area contributed by atoms with Gasteiger partial charge in [-0.25, -0.2) is 0 Å². The summed E-state index contributed by atoms with van der Waals surface area (Å²) in [5.41, 5.74) is 2.68. The number of nitrogens with zero attached hydrogens (tertiary/aromatic N) is 5. The van der Waals surface area contributed by atoms with E-state index in [0.29, 0.717) is 50.5 Å². The lowest BCUT2D eigenvalue weighted by atomic mass is 9.90. The van der Waals surface area contributed by atoms with E-state index >= 15 is 26.3 Å². The van der Waals surface area contributed by atoms with Crippen molar-refractivity contribution in [1.29, 1.82) is 5.26 Å².